The fourth-order valence-corrected chi connectivity index (χ4v) is 6.03. The van der Waals surface area contributed by atoms with Crippen LogP contribution in [0.3, 0.4) is 0 Å². The van der Waals surface area contributed by atoms with Crippen LogP contribution in [0.5, 0.6) is 0 Å². The molecule has 1 heterocycles. The first-order valence-electron chi connectivity index (χ1n) is 5.62. The molecule has 0 spiro atoms. The maximum atomic E-state index is 12.2. The summed E-state index contributed by atoms with van der Waals surface area (Å²) < 4.78 is 49.8. The molecule has 1 aromatic carbocycles. The summed E-state index contributed by atoms with van der Waals surface area (Å²) in [6.07, 6.45) is 0.273. The van der Waals surface area contributed by atoms with E-state index >= 15 is 0 Å². The largest absolute Gasteiger partial charge is 0.241 e. The molecule has 5 nitrogen and oxygen atoms in total. The molecule has 1 saturated heterocycles. The highest BCUT2D eigenvalue weighted by molar-refractivity contribution is 7.92. The average Bonchev–Trinajstić information content (AvgIpc) is 2.51. The smallest absolute Gasteiger partial charge is 0.229 e. The van der Waals surface area contributed by atoms with E-state index in [1.807, 2.05) is 0 Å². The molecular formula is C11H14ClNO4S2. The molecule has 0 saturated carbocycles. The lowest BCUT2D eigenvalue weighted by Crippen LogP contribution is -2.46. The first-order valence-corrected chi connectivity index (χ1v) is 9.30. The Balaban J connectivity index is 2.28. The standard InChI is InChI=1S/C11H14ClNO4S2/c1-11(5-6-18(14,15)8-11)13-19(16,17)10-4-2-3-9(12)7-10/h2-4,7,13H,5-6,8H2,1H3/t11-/m0/s1. The summed E-state index contributed by atoms with van der Waals surface area (Å²) in [6.45, 7) is 1.60. The molecule has 19 heavy (non-hydrogen) atoms. The number of sulfone groups is 1. The van der Waals surface area contributed by atoms with Gasteiger partial charge in [0.25, 0.3) is 0 Å². The Labute approximate surface area is 117 Å². The molecule has 0 amide bonds. The Kier molecular flexibility index (Phi) is 3.68. The molecular weight excluding hydrogens is 310 g/mol. The molecule has 1 atom stereocenters. The maximum absolute atomic E-state index is 12.2. The molecule has 8 heteroatoms. The predicted molar refractivity (Wildman–Crippen MR) is 73.4 cm³/mol. The van der Waals surface area contributed by atoms with E-state index in [1.54, 1.807) is 13.0 Å². The van der Waals surface area contributed by atoms with Crippen molar-refractivity contribution in [3.05, 3.63) is 29.3 Å². The number of hydrogen-bond acceptors (Lipinski definition) is 4. The SMILES string of the molecule is C[C@]1(NS(=O)(=O)c2cccc(Cl)c2)CCS(=O)(=O)C1. The van der Waals surface area contributed by atoms with Gasteiger partial charge in [-0.15, -0.1) is 0 Å². The van der Waals surface area contributed by atoms with Gasteiger partial charge < -0.3 is 0 Å². The quantitative estimate of drug-likeness (QED) is 0.906. The zero-order valence-electron chi connectivity index (χ0n) is 10.3. The number of rotatable bonds is 3. The summed E-state index contributed by atoms with van der Waals surface area (Å²) in [5.74, 6) is -0.179. The molecule has 0 aromatic heterocycles. The third-order valence-electron chi connectivity index (χ3n) is 2.99. The monoisotopic (exact) mass is 323 g/mol. The van der Waals surface area contributed by atoms with Crippen molar-refractivity contribution in [2.75, 3.05) is 11.5 Å². The fourth-order valence-electron chi connectivity index (χ4n) is 2.11. The lowest BCUT2D eigenvalue weighted by atomic mass is 10.0. The Morgan fingerprint density at radius 2 is 2.05 bits per heavy atom. The highest BCUT2D eigenvalue weighted by Gasteiger charge is 2.41. The Morgan fingerprint density at radius 3 is 2.58 bits per heavy atom. The number of hydrogen-bond donors (Lipinski definition) is 1. The summed E-state index contributed by atoms with van der Waals surface area (Å²) in [5, 5.41) is 0.312. The van der Waals surface area contributed by atoms with Crippen LogP contribution in [0.1, 0.15) is 13.3 Å². The van der Waals surface area contributed by atoms with Crippen LogP contribution < -0.4 is 4.72 Å². The highest BCUT2D eigenvalue weighted by atomic mass is 35.5. The number of halogens is 1. The normalized spacial score (nSPS) is 26.4. The van der Waals surface area contributed by atoms with E-state index in [0.717, 1.165) is 0 Å². The minimum atomic E-state index is -3.77. The fraction of sp³-hybridized carbons (Fsp3) is 0.455. The van der Waals surface area contributed by atoms with Crippen molar-refractivity contribution in [1.82, 2.24) is 4.72 Å². The number of nitrogens with one attached hydrogen (secondary N) is 1. The topological polar surface area (TPSA) is 80.3 Å². The third kappa shape index (κ3) is 3.47. The van der Waals surface area contributed by atoms with Crippen LogP contribution in [0, 0.1) is 0 Å². The number of benzene rings is 1. The van der Waals surface area contributed by atoms with Crippen molar-refractivity contribution in [3.63, 3.8) is 0 Å². The molecule has 1 aliphatic rings. The molecule has 0 unspecified atom stereocenters. The van der Waals surface area contributed by atoms with E-state index in [2.05, 4.69) is 4.72 Å². The first-order chi connectivity index (χ1) is 8.62. The van der Waals surface area contributed by atoms with E-state index in [4.69, 9.17) is 11.6 Å². The molecule has 1 aliphatic heterocycles. The van der Waals surface area contributed by atoms with Crippen molar-refractivity contribution in [3.8, 4) is 0 Å². The van der Waals surface area contributed by atoms with Gasteiger partial charge in [-0.2, -0.15) is 0 Å². The van der Waals surface area contributed by atoms with Crippen molar-refractivity contribution in [2.24, 2.45) is 0 Å². The Morgan fingerprint density at radius 1 is 1.37 bits per heavy atom. The number of sulfonamides is 1. The van der Waals surface area contributed by atoms with Crippen LogP contribution in [-0.4, -0.2) is 33.9 Å². The van der Waals surface area contributed by atoms with Gasteiger partial charge in [0, 0.05) is 10.6 Å². The Hall–Kier alpha value is -0.630. The molecule has 106 valence electrons. The lowest BCUT2D eigenvalue weighted by Gasteiger charge is -2.23. The molecule has 1 N–H and O–H groups in total. The van der Waals surface area contributed by atoms with Crippen LogP contribution >= 0.6 is 11.6 Å². The summed E-state index contributed by atoms with van der Waals surface area (Å²) in [7, 11) is -6.94. The molecule has 2 rings (SSSR count). The zero-order valence-corrected chi connectivity index (χ0v) is 12.6. The van der Waals surface area contributed by atoms with Crippen LogP contribution in [0.15, 0.2) is 29.2 Å². The van der Waals surface area contributed by atoms with Gasteiger partial charge in [-0.1, -0.05) is 17.7 Å². The Bertz CT molecular complexity index is 699. The van der Waals surface area contributed by atoms with Crippen molar-refractivity contribution >= 4 is 31.5 Å². The summed E-state index contributed by atoms with van der Waals surface area (Å²) in [5.41, 5.74) is -0.958. The van der Waals surface area contributed by atoms with Gasteiger partial charge in [0.05, 0.1) is 16.4 Å². The molecule has 1 aromatic rings. The van der Waals surface area contributed by atoms with Crippen LogP contribution in [0.2, 0.25) is 5.02 Å². The van der Waals surface area contributed by atoms with Crippen molar-refractivity contribution in [2.45, 2.75) is 23.8 Å². The zero-order chi connectivity index (χ0) is 14.3. The maximum Gasteiger partial charge on any atom is 0.241 e. The van der Waals surface area contributed by atoms with E-state index in [0.29, 0.717) is 5.02 Å². The summed E-state index contributed by atoms with van der Waals surface area (Å²) in [6, 6.07) is 5.85. The van der Waals surface area contributed by atoms with Gasteiger partial charge in [-0.3, -0.25) is 0 Å². The summed E-state index contributed by atoms with van der Waals surface area (Å²) in [4.78, 5) is 0.0329. The van der Waals surface area contributed by atoms with Gasteiger partial charge in [0.1, 0.15) is 0 Å². The second kappa shape index (κ2) is 4.73. The van der Waals surface area contributed by atoms with E-state index in [1.165, 1.54) is 18.2 Å². The van der Waals surface area contributed by atoms with Crippen LogP contribution in [-0.2, 0) is 19.9 Å². The highest BCUT2D eigenvalue weighted by Crippen LogP contribution is 2.25. The second-order valence-corrected chi connectivity index (χ2v) is 9.27. The lowest BCUT2D eigenvalue weighted by molar-refractivity contribution is 0.462. The van der Waals surface area contributed by atoms with Crippen LogP contribution in [0.4, 0.5) is 0 Å². The van der Waals surface area contributed by atoms with E-state index in [9.17, 15) is 16.8 Å². The van der Waals surface area contributed by atoms with E-state index in [-0.39, 0.29) is 22.8 Å². The van der Waals surface area contributed by atoms with Gasteiger partial charge in [-0.05, 0) is 31.5 Å². The minimum absolute atomic E-state index is 0.00155. The van der Waals surface area contributed by atoms with Crippen molar-refractivity contribution < 1.29 is 16.8 Å². The molecule has 0 aliphatic carbocycles. The van der Waals surface area contributed by atoms with Gasteiger partial charge in [0.15, 0.2) is 9.84 Å². The van der Waals surface area contributed by atoms with Gasteiger partial charge >= 0.3 is 0 Å². The van der Waals surface area contributed by atoms with Crippen molar-refractivity contribution in [1.29, 1.82) is 0 Å². The van der Waals surface area contributed by atoms with Gasteiger partial charge in [-0.25, -0.2) is 21.6 Å². The second-order valence-electron chi connectivity index (χ2n) is 4.97. The molecule has 0 bridgehead atoms. The third-order valence-corrected chi connectivity index (χ3v) is 6.76. The van der Waals surface area contributed by atoms with Crippen LogP contribution in [0.25, 0.3) is 0 Å². The molecule has 0 radical (unpaired) electrons. The average molecular weight is 324 g/mol. The van der Waals surface area contributed by atoms with E-state index < -0.39 is 25.4 Å². The summed E-state index contributed by atoms with van der Waals surface area (Å²) >= 11 is 5.76. The minimum Gasteiger partial charge on any atom is -0.229 e. The van der Waals surface area contributed by atoms with Gasteiger partial charge in [0.2, 0.25) is 10.0 Å². The predicted octanol–water partition coefficient (Wildman–Crippen LogP) is 1.20. The first kappa shape index (κ1) is 14.8. The molecule has 1 fully saturated rings.